The number of nitrogens with zero attached hydrogens (tertiary/aromatic N) is 4. The van der Waals surface area contributed by atoms with E-state index in [-0.39, 0.29) is 43.3 Å². The van der Waals surface area contributed by atoms with Gasteiger partial charge in [0.2, 0.25) is 20.2 Å². The van der Waals surface area contributed by atoms with Crippen molar-refractivity contribution in [2.24, 2.45) is 11.0 Å². The third-order valence-corrected chi connectivity index (χ3v) is 13.6. The summed E-state index contributed by atoms with van der Waals surface area (Å²) in [7, 11) is -3.48. The maximum Gasteiger partial charge on any atom is 0.264 e. The molecule has 3 aromatic carbocycles. The minimum Gasteiger partial charge on any atom is -0.394 e. The van der Waals surface area contributed by atoms with Crippen LogP contribution in [0.1, 0.15) is 55.7 Å². The zero-order valence-corrected chi connectivity index (χ0v) is 30.3. The molecule has 4 aliphatic rings. The SMILES string of the molecule is C[C@@H]1[C@@H]([Si](C)(C)F)[C@H](CC(=O)N2CCC[C@H]2CO)O[C@@]12C(=O)N(Cc1ccc(N3N=C(c4ccccc4)CCC3=O)cc1)c1ccc(Cl)cc12. The third-order valence-electron chi connectivity index (χ3n) is 10.9. The van der Waals surface area contributed by atoms with Crippen LogP contribution in [0.25, 0.3) is 0 Å². The van der Waals surface area contributed by atoms with Crippen LogP contribution < -0.4 is 9.91 Å². The first-order valence-electron chi connectivity index (χ1n) is 17.4. The summed E-state index contributed by atoms with van der Waals surface area (Å²) in [6, 6.07) is 22.2. The van der Waals surface area contributed by atoms with Crippen LogP contribution in [0.2, 0.25) is 23.7 Å². The number of likely N-dealkylation sites (tertiary alicyclic amines) is 1. The number of aliphatic hydroxyl groups excluding tert-OH is 1. The largest absolute Gasteiger partial charge is 0.394 e. The van der Waals surface area contributed by atoms with Crippen molar-refractivity contribution in [1.29, 1.82) is 0 Å². The first-order chi connectivity index (χ1) is 23.9. The highest BCUT2D eigenvalue weighted by Crippen LogP contribution is 2.60. The van der Waals surface area contributed by atoms with Crippen molar-refractivity contribution in [3.63, 3.8) is 0 Å². The van der Waals surface area contributed by atoms with Crippen molar-refractivity contribution in [3.05, 3.63) is 94.5 Å². The summed E-state index contributed by atoms with van der Waals surface area (Å²) in [6.07, 6.45) is 1.55. The van der Waals surface area contributed by atoms with Crippen LogP contribution in [0.4, 0.5) is 15.5 Å². The zero-order chi connectivity index (χ0) is 35.4. The summed E-state index contributed by atoms with van der Waals surface area (Å²) < 4.78 is 23.0. The number of fused-ring (bicyclic) bond motifs is 2. The van der Waals surface area contributed by atoms with E-state index >= 15 is 4.11 Å². The molecule has 0 aromatic heterocycles. The van der Waals surface area contributed by atoms with E-state index in [0.29, 0.717) is 41.3 Å². The van der Waals surface area contributed by atoms with Gasteiger partial charge in [0.05, 0.1) is 48.8 Å². The molecule has 3 amide bonds. The number of hydrogen-bond acceptors (Lipinski definition) is 6. The molecule has 1 spiro atoms. The van der Waals surface area contributed by atoms with Crippen molar-refractivity contribution in [3.8, 4) is 0 Å². The molecule has 5 atom stereocenters. The summed E-state index contributed by atoms with van der Waals surface area (Å²) in [6.45, 7) is 5.69. The Morgan fingerprint density at radius 3 is 2.52 bits per heavy atom. The van der Waals surface area contributed by atoms with Crippen LogP contribution in [0.5, 0.6) is 0 Å². The van der Waals surface area contributed by atoms with Gasteiger partial charge in [-0.3, -0.25) is 14.4 Å². The van der Waals surface area contributed by atoms with Crippen LogP contribution in [0, 0.1) is 5.92 Å². The number of halogens is 2. The fourth-order valence-electron chi connectivity index (χ4n) is 8.54. The highest BCUT2D eigenvalue weighted by molar-refractivity contribution is 6.72. The lowest BCUT2D eigenvalue weighted by molar-refractivity contribution is -0.150. The van der Waals surface area contributed by atoms with Gasteiger partial charge >= 0.3 is 0 Å². The highest BCUT2D eigenvalue weighted by atomic mass is 35.5. The van der Waals surface area contributed by atoms with Crippen molar-refractivity contribution in [1.82, 2.24) is 4.90 Å². The number of carbonyl (C=O) groups is 3. The molecule has 0 bridgehead atoms. The van der Waals surface area contributed by atoms with Gasteiger partial charge in [-0.2, -0.15) is 5.10 Å². The molecule has 262 valence electrons. The van der Waals surface area contributed by atoms with Gasteiger partial charge in [-0.1, -0.05) is 61.0 Å². The maximum atomic E-state index is 16.3. The van der Waals surface area contributed by atoms with Gasteiger partial charge in [-0.25, -0.2) is 5.01 Å². The van der Waals surface area contributed by atoms with E-state index < -0.39 is 31.6 Å². The second kappa shape index (κ2) is 13.3. The van der Waals surface area contributed by atoms with Crippen LogP contribution in [-0.4, -0.2) is 67.1 Å². The Hall–Kier alpha value is -3.90. The summed E-state index contributed by atoms with van der Waals surface area (Å²) in [5, 5.41) is 16.4. The molecule has 0 radical (unpaired) electrons. The fraction of sp³-hybridized carbons (Fsp3) is 0.421. The minimum absolute atomic E-state index is 0.0675. The van der Waals surface area contributed by atoms with Gasteiger partial charge in [0, 0.05) is 41.4 Å². The molecule has 2 saturated heterocycles. The monoisotopic (exact) mass is 716 g/mol. The fourth-order valence-corrected chi connectivity index (χ4v) is 11.2. The van der Waals surface area contributed by atoms with Crippen LogP contribution in [0.15, 0.2) is 77.9 Å². The van der Waals surface area contributed by atoms with Gasteiger partial charge in [-0.05, 0) is 67.4 Å². The Balaban J connectivity index is 1.17. The molecular formula is C38H42ClFN4O5Si. The van der Waals surface area contributed by atoms with E-state index in [1.165, 1.54) is 5.01 Å². The van der Waals surface area contributed by atoms with E-state index in [2.05, 4.69) is 5.10 Å². The topological polar surface area (TPSA) is 103 Å². The summed E-state index contributed by atoms with van der Waals surface area (Å²) in [5.74, 6) is -1.17. The molecule has 4 aliphatic heterocycles. The number of carbonyl (C=O) groups excluding carboxylic acids is 3. The van der Waals surface area contributed by atoms with E-state index in [0.717, 1.165) is 29.7 Å². The Morgan fingerprint density at radius 1 is 1.08 bits per heavy atom. The molecule has 2 fully saturated rings. The number of hydrazone groups is 1. The molecule has 1 N–H and O–H groups in total. The zero-order valence-electron chi connectivity index (χ0n) is 28.5. The summed E-state index contributed by atoms with van der Waals surface area (Å²) in [4.78, 5) is 44.5. The molecule has 0 unspecified atom stereocenters. The predicted octanol–water partition coefficient (Wildman–Crippen LogP) is 6.57. The van der Waals surface area contributed by atoms with Crippen molar-refractivity contribution < 1.29 is 28.3 Å². The van der Waals surface area contributed by atoms with Crippen molar-refractivity contribution >= 4 is 54.8 Å². The molecule has 7 rings (SSSR count). The summed E-state index contributed by atoms with van der Waals surface area (Å²) in [5.41, 5.74) is 2.31. The smallest absolute Gasteiger partial charge is 0.264 e. The number of aliphatic hydroxyl groups is 1. The number of ether oxygens (including phenoxy) is 1. The van der Waals surface area contributed by atoms with Crippen LogP contribution in [0.3, 0.4) is 0 Å². The average molecular weight is 717 g/mol. The lowest BCUT2D eigenvalue weighted by Gasteiger charge is -2.31. The molecule has 50 heavy (non-hydrogen) atoms. The lowest BCUT2D eigenvalue weighted by atomic mass is 9.82. The average Bonchev–Trinajstić information content (AvgIpc) is 3.76. The molecule has 0 aliphatic carbocycles. The number of benzene rings is 3. The Bertz CT molecular complexity index is 1840. The number of anilines is 2. The van der Waals surface area contributed by atoms with Crippen LogP contribution >= 0.6 is 11.6 Å². The van der Waals surface area contributed by atoms with E-state index in [1.807, 2.05) is 61.5 Å². The van der Waals surface area contributed by atoms with Gasteiger partial charge in [-0.15, -0.1) is 0 Å². The second-order valence-corrected chi connectivity index (χ2v) is 18.6. The predicted molar refractivity (Wildman–Crippen MR) is 193 cm³/mol. The molecular weight excluding hydrogens is 675 g/mol. The standard InChI is InChI=1S/C38H42ClFN4O5Si/c1-24-36(50(2,3)40)33(21-35(47)42-19-7-10-29(42)23-45)49-38(24)30-20-27(39)13-17-32(30)43(37(38)48)22-25-11-14-28(15-12-25)44-34(46)18-16-31(41-44)26-8-5-4-6-9-26/h4-6,8-9,11-15,17,20,24,29,33,36,45H,7,10,16,18-19,21-23H2,1-3H3/t24-,29+,33+,36-,38+/m1/s1. The Kier molecular flexibility index (Phi) is 9.21. The number of amides is 3. The van der Waals surface area contributed by atoms with Gasteiger partial charge in [0.1, 0.15) is 0 Å². The number of rotatable bonds is 8. The Morgan fingerprint density at radius 2 is 1.82 bits per heavy atom. The first kappa shape index (κ1) is 34.5. The molecule has 0 saturated carbocycles. The molecule has 12 heteroatoms. The number of hydrogen-bond donors (Lipinski definition) is 1. The third kappa shape index (κ3) is 5.97. The Labute approximate surface area is 297 Å². The van der Waals surface area contributed by atoms with Gasteiger partial charge in [0.15, 0.2) is 5.60 Å². The maximum absolute atomic E-state index is 16.3. The second-order valence-electron chi connectivity index (χ2n) is 14.4. The van der Waals surface area contributed by atoms with E-state index in [1.54, 1.807) is 41.1 Å². The van der Waals surface area contributed by atoms with Crippen molar-refractivity contribution in [2.75, 3.05) is 23.1 Å². The van der Waals surface area contributed by atoms with Crippen LogP contribution in [-0.2, 0) is 31.3 Å². The highest BCUT2D eigenvalue weighted by Gasteiger charge is 2.67. The van der Waals surface area contributed by atoms with E-state index in [9.17, 15) is 19.5 Å². The quantitative estimate of drug-likeness (QED) is 0.210. The summed E-state index contributed by atoms with van der Waals surface area (Å²) >= 11 is 6.53. The van der Waals surface area contributed by atoms with E-state index in [4.69, 9.17) is 16.3 Å². The van der Waals surface area contributed by atoms with Crippen molar-refractivity contribution in [2.45, 2.75) is 82.0 Å². The minimum atomic E-state index is -3.48. The molecule has 9 nitrogen and oxygen atoms in total. The van der Waals surface area contributed by atoms with Gasteiger partial charge < -0.3 is 23.8 Å². The normalized spacial score (nSPS) is 26.6. The van der Waals surface area contributed by atoms with Gasteiger partial charge in [0.25, 0.3) is 5.91 Å². The lowest BCUT2D eigenvalue weighted by Crippen LogP contribution is -2.45. The molecule has 3 aromatic rings. The first-order valence-corrected chi connectivity index (χ1v) is 20.7. The molecule has 4 heterocycles.